The highest BCUT2D eigenvalue weighted by atomic mass is 35.5. The molecule has 3 rings (SSSR count). The molecule has 3 aliphatic heterocycles. The van der Waals surface area contributed by atoms with Crippen molar-refractivity contribution in [3.8, 4) is 0 Å². The number of nitrogens with two attached hydrogens (primary N) is 2. The molecule has 47 heavy (non-hydrogen) atoms. The lowest BCUT2D eigenvalue weighted by molar-refractivity contribution is -0.138. The first-order valence-electron chi connectivity index (χ1n) is 17.2. The maximum absolute atomic E-state index is 11.8. The Kier molecular flexibility index (Phi) is 23.5. The molecular formula is C33H58ClN3O8S2. The summed E-state index contributed by atoms with van der Waals surface area (Å²) in [5.41, 5.74) is 11.4. The predicted octanol–water partition coefficient (Wildman–Crippen LogP) is 5.51. The molecule has 0 aromatic rings. The molecule has 272 valence electrons. The van der Waals surface area contributed by atoms with Gasteiger partial charge in [-0.3, -0.25) is 19.2 Å². The number of carbonyl (C=O) groups excluding carboxylic acids is 2. The second-order valence-corrected chi connectivity index (χ2v) is 15.2. The molecule has 0 saturated carbocycles. The number of fused-ring (bicyclic) bond motifs is 1. The molecule has 11 nitrogen and oxygen atoms in total. The Morgan fingerprint density at radius 2 is 1.11 bits per heavy atom. The predicted molar refractivity (Wildman–Crippen MR) is 192 cm³/mol. The third-order valence-electron chi connectivity index (χ3n) is 8.68. The number of halogens is 1. The highest BCUT2D eigenvalue weighted by Gasteiger charge is 2.42. The van der Waals surface area contributed by atoms with Gasteiger partial charge in [0.2, 0.25) is 0 Å². The lowest BCUT2D eigenvalue weighted by Gasteiger charge is -2.16. The summed E-state index contributed by atoms with van der Waals surface area (Å²) < 4.78 is 5.58. The number of aliphatic hydroxyl groups excluding tert-OH is 1. The number of thioether (sulfide) groups is 2. The molecule has 0 aromatic carbocycles. The van der Waals surface area contributed by atoms with Gasteiger partial charge in [-0.1, -0.05) is 38.5 Å². The first-order valence-corrected chi connectivity index (χ1v) is 19.3. The number of hydrogen-bond acceptors (Lipinski definition) is 11. The monoisotopic (exact) mass is 723 g/mol. The summed E-state index contributed by atoms with van der Waals surface area (Å²) in [6.45, 7) is 0. The van der Waals surface area contributed by atoms with Gasteiger partial charge in [0.05, 0.1) is 6.10 Å². The fourth-order valence-electron chi connectivity index (χ4n) is 5.96. The molecule has 0 aliphatic carbocycles. The molecule has 0 spiro atoms. The highest BCUT2D eigenvalue weighted by Crippen LogP contribution is 2.37. The second kappa shape index (κ2) is 25.4. The highest BCUT2D eigenvalue weighted by molar-refractivity contribution is 8.00. The van der Waals surface area contributed by atoms with Gasteiger partial charge in [0, 0.05) is 66.6 Å². The molecule has 3 heterocycles. The third-order valence-corrected chi connectivity index (χ3v) is 11.7. The Morgan fingerprint density at radius 3 is 1.55 bits per heavy atom. The first kappa shape index (κ1) is 43.5. The van der Waals surface area contributed by atoms with E-state index >= 15 is 0 Å². The van der Waals surface area contributed by atoms with Crippen LogP contribution in [0.4, 0.5) is 0 Å². The van der Waals surface area contributed by atoms with Crippen molar-refractivity contribution in [2.45, 2.75) is 163 Å². The van der Waals surface area contributed by atoms with Crippen LogP contribution in [0.5, 0.6) is 0 Å². The van der Waals surface area contributed by atoms with Crippen molar-refractivity contribution in [1.82, 2.24) is 0 Å². The zero-order valence-corrected chi connectivity index (χ0v) is 30.2. The smallest absolute Gasteiger partial charge is 0.303 e. The average molecular weight is 724 g/mol. The number of amidine groups is 1. The summed E-state index contributed by atoms with van der Waals surface area (Å²) in [6, 6.07) is 0.453. The van der Waals surface area contributed by atoms with Crippen molar-refractivity contribution < 1.29 is 39.2 Å². The maximum atomic E-state index is 11.8. The number of ether oxygens (including phenoxy) is 1. The van der Waals surface area contributed by atoms with Crippen molar-refractivity contribution in [1.29, 1.82) is 0 Å². The van der Waals surface area contributed by atoms with E-state index in [1.54, 1.807) is 11.8 Å². The molecule has 0 unspecified atom stereocenters. The summed E-state index contributed by atoms with van der Waals surface area (Å²) in [4.78, 5) is 48.6. The van der Waals surface area contributed by atoms with E-state index in [0.717, 1.165) is 88.6 Å². The molecule has 14 heteroatoms. The Labute approximate surface area is 295 Å². The number of aliphatic carboxylic acids is 2. The number of hydrogen-bond donors (Lipinski definition) is 5. The van der Waals surface area contributed by atoms with Crippen LogP contribution in [0.2, 0.25) is 0 Å². The van der Waals surface area contributed by atoms with Crippen molar-refractivity contribution in [2.24, 2.45) is 16.5 Å². The van der Waals surface area contributed by atoms with Crippen LogP contribution in [0.1, 0.15) is 128 Å². The number of rotatable bonds is 24. The second-order valence-electron chi connectivity index (χ2n) is 12.7. The van der Waals surface area contributed by atoms with E-state index in [1.807, 2.05) is 11.8 Å². The van der Waals surface area contributed by atoms with E-state index in [9.17, 15) is 24.3 Å². The zero-order valence-electron chi connectivity index (χ0n) is 27.7. The van der Waals surface area contributed by atoms with E-state index < -0.39 is 18.0 Å². The number of aliphatic imine (C=N–C) groups is 1. The number of unbranched alkanes of at least 4 members (excludes halogenated alkanes) is 8. The molecule has 0 radical (unpaired) electrons. The first-order chi connectivity index (χ1) is 22.1. The van der Waals surface area contributed by atoms with Crippen LogP contribution in [-0.4, -0.2) is 91.1 Å². The molecule has 6 atom stereocenters. The number of aliphatic hydroxyl groups is 1. The van der Waals surface area contributed by atoms with Gasteiger partial charge < -0.3 is 31.5 Å². The van der Waals surface area contributed by atoms with Crippen LogP contribution in [0.15, 0.2) is 4.99 Å². The van der Waals surface area contributed by atoms with Gasteiger partial charge in [-0.25, -0.2) is 4.99 Å². The maximum Gasteiger partial charge on any atom is 0.303 e. The van der Waals surface area contributed by atoms with Crippen molar-refractivity contribution in [3.05, 3.63) is 0 Å². The van der Waals surface area contributed by atoms with Gasteiger partial charge in [0.25, 0.3) is 6.02 Å². The fourth-order valence-corrected chi connectivity index (χ4v) is 8.82. The van der Waals surface area contributed by atoms with Crippen molar-refractivity contribution in [3.63, 3.8) is 0 Å². The van der Waals surface area contributed by atoms with Crippen LogP contribution in [-0.2, 0) is 23.9 Å². The Hall–Kier alpha value is -1.54. The minimum Gasteiger partial charge on any atom is -0.481 e. The molecule has 3 aliphatic rings. The topological polar surface area (TPSA) is 203 Å². The van der Waals surface area contributed by atoms with Crippen LogP contribution in [0, 0.1) is 0 Å². The van der Waals surface area contributed by atoms with Gasteiger partial charge in [-0.2, -0.15) is 23.5 Å². The van der Waals surface area contributed by atoms with Gasteiger partial charge in [0.1, 0.15) is 23.7 Å². The molecule has 0 bridgehead atoms. The lowest BCUT2D eigenvalue weighted by Crippen LogP contribution is -2.36. The van der Waals surface area contributed by atoms with Gasteiger partial charge in [0.15, 0.2) is 0 Å². The number of carbonyl (C=O) groups is 4. The average Bonchev–Trinajstić information content (AvgIpc) is 3.66. The van der Waals surface area contributed by atoms with E-state index in [1.165, 1.54) is 0 Å². The minimum atomic E-state index is -0.748. The molecule has 0 amide bonds. The number of carboxylic acid groups (broad SMARTS) is 2. The van der Waals surface area contributed by atoms with Crippen molar-refractivity contribution in [2.75, 3.05) is 11.5 Å². The van der Waals surface area contributed by atoms with Crippen LogP contribution in [0.25, 0.3) is 0 Å². The Bertz CT molecular complexity index is 976. The van der Waals surface area contributed by atoms with E-state index in [4.69, 9.17) is 26.4 Å². The fraction of sp³-hybridized carbons (Fsp3) is 0.848. The number of Topliss-reactive ketones (excluding diaryl/α,β-unsaturated/α-hetero) is 2. The summed E-state index contributed by atoms with van der Waals surface area (Å²) in [5.74, 6) is 0.950. The van der Waals surface area contributed by atoms with Crippen LogP contribution in [0.3, 0.4) is 0 Å². The standard InChI is InChI=1S/C17H28N2O4S.C16H29NO4S.ClH/c18-17-19-13-11-24-14(16(13)23-17)9-6-5-8-12(20)7-3-1-2-4-10-15(21)22;17-13-11-22-14(16(13)21)9-6-5-8-12(18)7-3-1-2-4-10-15(19)20;/h13-14,16H,1-11H2,(H2,18,19)(H,21,22);13-14,16,21H,1-11,17H2,(H,19,20);1H/t2*13-,14-,16-;/m00./s1. The summed E-state index contributed by atoms with van der Waals surface area (Å²) in [6.07, 6.45) is 15.3. The summed E-state index contributed by atoms with van der Waals surface area (Å²) in [7, 11) is 0. The normalized spacial score (nSPS) is 24.3. The van der Waals surface area contributed by atoms with E-state index in [-0.39, 0.29) is 48.7 Å². The molecule has 2 fully saturated rings. The largest absolute Gasteiger partial charge is 0.481 e. The number of ketones is 2. The quantitative estimate of drug-likeness (QED) is 0.0783. The van der Waals surface area contributed by atoms with Gasteiger partial charge >= 0.3 is 11.9 Å². The van der Waals surface area contributed by atoms with Crippen molar-refractivity contribution >= 4 is 65.5 Å². The van der Waals surface area contributed by atoms with Gasteiger partial charge in [-0.05, 0) is 51.4 Å². The van der Waals surface area contributed by atoms with E-state index in [2.05, 4.69) is 4.99 Å². The number of nitrogens with zero attached hydrogens (tertiary/aromatic N) is 1. The number of carboxylic acids is 2. The zero-order chi connectivity index (χ0) is 33.7. The summed E-state index contributed by atoms with van der Waals surface area (Å²) >= 11 is 3.64. The molecule has 2 saturated heterocycles. The molecular weight excluding hydrogens is 666 g/mol. The van der Waals surface area contributed by atoms with E-state index in [0.29, 0.717) is 61.4 Å². The molecule has 0 aromatic heterocycles. The lowest BCUT2D eigenvalue weighted by atomic mass is 10.0. The molecule has 7 N–H and O–H groups in total. The minimum absolute atomic E-state index is 0. The van der Waals surface area contributed by atoms with Gasteiger partial charge in [-0.15, -0.1) is 12.4 Å². The van der Waals surface area contributed by atoms with Crippen LogP contribution < -0.4 is 11.5 Å². The Morgan fingerprint density at radius 1 is 0.681 bits per heavy atom. The SMILES string of the molecule is Cl.NC1=N[C@H]2CS[C@@H](CCCCC(=O)CCCCCCC(=O)O)[C@H]2O1.N[C@H]1CS[C@@H](CCCCC(=O)CCCCCCC(=O)O)[C@H]1O. The summed E-state index contributed by atoms with van der Waals surface area (Å²) in [5, 5.41) is 27.6. The third kappa shape index (κ3) is 19.3. The Balaban J connectivity index is 0.000000462. The van der Waals surface area contributed by atoms with Crippen LogP contribution >= 0.6 is 35.9 Å².